The number of sulfone groups is 1. The number of hydrogen-bond donors (Lipinski definition) is 2. The van der Waals surface area contributed by atoms with Crippen molar-refractivity contribution >= 4 is 28.0 Å². The van der Waals surface area contributed by atoms with Crippen molar-refractivity contribution < 1.29 is 36.6 Å². The van der Waals surface area contributed by atoms with E-state index in [0.717, 1.165) is 25.1 Å². The van der Waals surface area contributed by atoms with Crippen molar-refractivity contribution in [2.45, 2.75) is 16.7 Å². The summed E-state index contributed by atoms with van der Waals surface area (Å²) in [6.45, 7) is 4.61. The third-order valence-electron chi connectivity index (χ3n) is 5.13. The second-order valence-electron chi connectivity index (χ2n) is 7.01. The van der Waals surface area contributed by atoms with E-state index in [4.69, 9.17) is 0 Å². The average molecular weight is 446 g/mol. The van der Waals surface area contributed by atoms with Crippen molar-refractivity contribution in [3.05, 3.63) is 86.5 Å². The average Bonchev–Trinajstić information content (AvgIpc) is 2.70. The Hall–Kier alpha value is -3.59. The van der Waals surface area contributed by atoms with E-state index in [-0.39, 0.29) is 21.3 Å². The third-order valence-corrected chi connectivity index (χ3v) is 6.97. The van der Waals surface area contributed by atoms with Crippen LogP contribution < -0.4 is 10.4 Å². The third kappa shape index (κ3) is 2.84. The maximum atomic E-state index is 15.3. The number of carboxylic acids is 1. The van der Waals surface area contributed by atoms with Crippen LogP contribution >= 0.6 is 0 Å². The first-order valence-electron chi connectivity index (χ1n) is 8.79. The van der Waals surface area contributed by atoms with Crippen LogP contribution in [0.2, 0.25) is 0 Å². The van der Waals surface area contributed by atoms with Crippen LogP contribution in [0.1, 0.15) is 27.0 Å². The van der Waals surface area contributed by atoms with E-state index < -0.39 is 60.6 Å². The van der Waals surface area contributed by atoms with Crippen molar-refractivity contribution in [2.24, 2.45) is 0 Å². The van der Waals surface area contributed by atoms with Crippen LogP contribution in [-0.2, 0) is 9.84 Å². The fourth-order valence-electron chi connectivity index (χ4n) is 3.68. The van der Waals surface area contributed by atoms with E-state index in [9.17, 15) is 32.2 Å². The molecule has 0 fully saturated rings. The molecule has 1 aliphatic rings. The highest BCUT2D eigenvalue weighted by atomic mass is 32.2. The number of hydrogen-bond acceptors (Lipinski definition) is 4. The van der Waals surface area contributed by atoms with Gasteiger partial charge in [0.2, 0.25) is 9.84 Å². The molecule has 158 valence electrons. The maximum Gasteiger partial charge on any atom is 0.339 e. The van der Waals surface area contributed by atoms with Crippen molar-refractivity contribution in [1.29, 1.82) is 0 Å². The second-order valence-corrected chi connectivity index (χ2v) is 8.90. The molecule has 0 bridgehead atoms. The van der Waals surface area contributed by atoms with Crippen LogP contribution in [0, 0.1) is 24.4 Å². The Kier molecular flexibility index (Phi) is 4.48. The summed E-state index contributed by atoms with van der Waals surface area (Å²) in [6, 6.07) is 7.12. The number of phenols is 1. The lowest BCUT2D eigenvalue weighted by Gasteiger charge is -2.23. The Morgan fingerprint density at radius 1 is 0.968 bits per heavy atom. The predicted octanol–water partition coefficient (Wildman–Crippen LogP) is 2.62. The van der Waals surface area contributed by atoms with Gasteiger partial charge in [0.25, 0.3) is 0 Å². The number of halogens is 3. The zero-order valence-corrected chi connectivity index (χ0v) is 16.6. The number of aromatic carboxylic acids is 1. The predicted molar refractivity (Wildman–Crippen MR) is 104 cm³/mol. The molecule has 0 unspecified atom stereocenters. The Morgan fingerprint density at radius 3 is 2.29 bits per heavy atom. The van der Waals surface area contributed by atoms with Gasteiger partial charge in [0, 0.05) is 27.5 Å². The van der Waals surface area contributed by atoms with Crippen LogP contribution in [0.15, 0.2) is 46.2 Å². The lowest BCUT2D eigenvalue weighted by molar-refractivity contribution is 0.0689. The summed E-state index contributed by atoms with van der Waals surface area (Å²) in [4.78, 5) is 11.0. The van der Waals surface area contributed by atoms with Gasteiger partial charge in [-0.1, -0.05) is 18.7 Å². The first-order valence-corrected chi connectivity index (χ1v) is 10.3. The molecule has 2 N–H and O–H groups in total. The Labute approximate surface area is 173 Å². The van der Waals surface area contributed by atoms with Gasteiger partial charge in [0.05, 0.1) is 9.79 Å². The number of benzene rings is 3. The van der Waals surface area contributed by atoms with Crippen molar-refractivity contribution in [2.75, 3.05) is 0 Å². The molecule has 0 amide bonds. The molecule has 0 aliphatic carbocycles. The normalized spacial score (nSPS) is 14.1. The summed E-state index contributed by atoms with van der Waals surface area (Å²) in [7, 11) is -4.22. The summed E-state index contributed by atoms with van der Waals surface area (Å²) in [6.07, 6.45) is 0. The number of rotatable bonds is 2. The smallest absolute Gasteiger partial charge is 0.339 e. The number of aromatic hydroxyl groups is 1. The molecular weight excluding hydrogens is 433 g/mol. The van der Waals surface area contributed by atoms with Crippen molar-refractivity contribution in [1.82, 2.24) is 0 Å². The summed E-state index contributed by atoms with van der Waals surface area (Å²) in [5.74, 6) is -7.09. The van der Waals surface area contributed by atoms with Crippen LogP contribution in [0.25, 0.3) is 12.2 Å². The fourth-order valence-corrected chi connectivity index (χ4v) is 5.42. The minimum Gasteiger partial charge on any atom is -0.508 e. The molecule has 5 nitrogen and oxygen atoms in total. The maximum absolute atomic E-state index is 15.3. The van der Waals surface area contributed by atoms with E-state index >= 15 is 4.39 Å². The zero-order chi connectivity index (χ0) is 22.8. The van der Waals surface area contributed by atoms with Gasteiger partial charge in [-0.25, -0.2) is 26.4 Å². The highest BCUT2D eigenvalue weighted by molar-refractivity contribution is 7.91. The van der Waals surface area contributed by atoms with Gasteiger partial charge in [0.15, 0.2) is 11.6 Å². The van der Waals surface area contributed by atoms with Gasteiger partial charge in [0.1, 0.15) is 17.1 Å². The summed E-state index contributed by atoms with van der Waals surface area (Å²) < 4.78 is 70.4. The summed E-state index contributed by atoms with van der Waals surface area (Å²) in [5, 5.41) is 19.6. The lowest BCUT2D eigenvalue weighted by atomic mass is 9.89. The topological polar surface area (TPSA) is 91.7 Å². The largest absolute Gasteiger partial charge is 0.508 e. The van der Waals surface area contributed by atoms with E-state index in [2.05, 4.69) is 6.58 Å². The molecule has 0 radical (unpaired) electrons. The van der Waals surface area contributed by atoms with Gasteiger partial charge in [-0.15, -0.1) is 0 Å². The molecule has 3 aromatic rings. The SMILES string of the molecule is C=c1ccc2c(c1)S(=O)(=O)c1cc(O)ccc1C=2c1c(F)c(C)c(F)c(F)c1C(=O)O. The fraction of sp³-hybridized carbons (Fsp3) is 0.0455. The van der Waals surface area contributed by atoms with E-state index in [1.54, 1.807) is 0 Å². The first kappa shape index (κ1) is 20.7. The zero-order valence-electron chi connectivity index (χ0n) is 15.8. The van der Waals surface area contributed by atoms with Crippen molar-refractivity contribution in [3.8, 4) is 5.75 Å². The summed E-state index contributed by atoms with van der Waals surface area (Å²) in [5.41, 5.74) is -3.22. The molecule has 1 aliphatic heterocycles. The first-order chi connectivity index (χ1) is 14.5. The molecule has 4 rings (SSSR count). The Balaban J connectivity index is 2.37. The molecular formula is C22H13F3O5S. The van der Waals surface area contributed by atoms with Gasteiger partial charge >= 0.3 is 5.97 Å². The van der Waals surface area contributed by atoms with E-state index in [1.807, 2.05) is 0 Å². The summed E-state index contributed by atoms with van der Waals surface area (Å²) >= 11 is 0. The van der Waals surface area contributed by atoms with Crippen molar-refractivity contribution in [3.63, 3.8) is 0 Å². The Bertz CT molecular complexity index is 1540. The molecule has 0 atom stereocenters. The molecule has 9 heteroatoms. The minimum atomic E-state index is -4.22. The molecule has 0 spiro atoms. The van der Waals surface area contributed by atoms with Gasteiger partial charge < -0.3 is 10.2 Å². The van der Waals surface area contributed by atoms with Crippen LogP contribution in [0.3, 0.4) is 0 Å². The monoisotopic (exact) mass is 446 g/mol. The molecule has 3 aromatic carbocycles. The molecule has 0 aromatic heterocycles. The van der Waals surface area contributed by atoms with Crippen LogP contribution in [0.5, 0.6) is 5.75 Å². The molecule has 0 saturated carbocycles. The Morgan fingerprint density at radius 2 is 1.65 bits per heavy atom. The van der Waals surface area contributed by atoms with E-state index in [0.29, 0.717) is 5.22 Å². The van der Waals surface area contributed by atoms with Gasteiger partial charge in [-0.3, -0.25) is 0 Å². The quantitative estimate of drug-likeness (QED) is 0.462. The van der Waals surface area contributed by atoms with Crippen LogP contribution in [0.4, 0.5) is 13.2 Å². The van der Waals surface area contributed by atoms with E-state index in [1.165, 1.54) is 18.2 Å². The molecule has 31 heavy (non-hydrogen) atoms. The minimum absolute atomic E-state index is 0.0996. The second kappa shape index (κ2) is 6.71. The number of phenolic OH excluding ortho intramolecular Hbond substituents is 1. The molecule has 1 heterocycles. The highest BCUT2D eigenvalue weighted by Gasteiger charge is 2.36. The molecule has 0 saturated heterocycles. The number of carboxylic acid groups (broad SMARTS) is 1. The van der Waals surface area contributed by atoms with Crippen LogP contribution in [-0.4, -0.2) is 24.6 Å². The number of fused-ring (bicyclic) bond motifs is 2. The number of carbonyl (C=O) groups is 1. The van der Waals surface area contributed by atoms with Gasteiger partial charge in [-0.2, -0.15) is 0 Å². The van der Waals surface area contributed by atoms with Gasteiger partial charge in [-0.05, 0) is 36.4 Å². The highest BCUT2D eigenvalue weighted by Crippen LogP contribution is 2.39. The standard InChI is InChI=1S/C22H13F3O5S/c1-9-3-5-12-14(7-9)31(29,30)15-8-11(26)4-6-13(15)16(12)17-18(22(27)28)21(25)20(24)10(2)19(17)23/h3-8,26H,1H2,2H3,(H,27,28). The lowest BCUT2D eigenvalue weighted by Crippen LogP contribution is -2.28.